The van der Waals surface area contributed by atoms with Gasteiger partial charge in [-0.3, -0.25) is 0 Å². The highest BCUT2D eigenvalue weighted by molar-refractivity contribution is 8.22. The summed E-state index contributed by atoms with van der Waals surface area (Å²) in [6, 6.07) is 29.4. The highest BCUT2D eigenvalue weighted by Crippen LogP contribution is 2.43. The first kappa shape index (κ1) is 15.0. The van der Waals surface area contributed by atoms with E-state index in [1.807, 2.05) is 30.3 Å². The van der Waals surface area contributed by atoms with Crippen molar-refractivity contribution >= 4 is 34.1 Å². The molecule has 3 rings (SSSR count). The van der Waals surface area contributed by atoms with Gasteiger partial charge in [-0.15, -0.1) is 0 Å². The Hall–Kier alpha value is -1.89. The summed E-state index contributed by atoms with van der Waals surface area (Å²) in [5.74, 6) is 0. The standard InChI is InChI=1S/C19H18NPS/c22-21(18-12-6-2-7-13-18,19-14-8-3-9-15-19)16-20-17-10-4-1-5-11-17/h1-15,20H,16H2. The summed E-state index contributed by atoms with van der Waals surface area (Å²) < 4.78 is 0. The molecule has 3 aromatic carbocycles. The Morgan fingerprint density at radius 1 is 0.636 bits per heavy atom. The zero-order valence-electron chi connectivity index (χ0n) is 12.2. The Balaban J connectivity index is 1.95. The van der Waals surface area contributed by atoms with Gasteiger partial charge in [0.2, 0.25) is 0 Å². The zero-order chi connectivity index (χ0) is 15.3. The summed E-state index contributed by atoms with van der Waals surface area (Å²) in [6.07, 6.45) is 0.778. The predicted octanol–water partition coefficient (Wildman–Crippen LogP) is 4.19. The molecule has 22 heavy (non-hydrogen) atoms. The molecule has 0 spiro atoms. The van der Waals surface area contributed by atoms with E-state index in [9.17, 15) is 0 Å². The SMILES string of the molecule is S=P(CNc1ccccc1)(c1ccccc1)c1ccccc1. The second-order valence-corrected chi connectivity index (χ2v) is 9.81. The lowest BCUT2D eigenvalue weighted by molar-refractivity contribution is 1.45. The van der Waals surface area contributed by atoms with Crippen LogP contribution in [0.5, 0.6) is 0 Å². The van der Waals surface area contributed by atoms with E-state index < -0.39 is 6.04 Å². The van der Waals surface area contributed by atoms with Gasteiger partial charge in [0.15, 0.2) is 0 Å². The molecule has 0 heterocycles. The van der Waals surface area contributed by atoms with Crippen LogP contribution in [0.25, 0.3) is 0 Å². The molecule has 0 aliphatic rings. The van der Waals surface area contributed by atoms with Crippen LogP contribution in [0, 0.1) is 0 Å². The third-order valence-corrected chi connectivity index (χ3v) is 8.15. The lowest BCUT2D eigenvalue weighted by Gasteiger charge is -2.24. The van der Waals surface area contributed by atoms with Gasteiger partial charge in [-0.05, 0) is 22.7 Å². The van der Waals surface area contributed by atoms with Crippen molar-refractivity contribution in [3.05, 3.63) is 91.0 Å². The topological polar surface area (TPSA) is 12.0 Å². The molecule has 0 unspecified atom stereocenters. The molecule has 1 N–H and O–H groups in total. The zero-order valence-corrected chi connectivity index (χ0v) is 13.9. The molecule has 0 saturated heterocycles. The molecule has 0 aliphatic heterocycles. The number of hydrogen-bond donors (Lipinski definition) is 1. The molecule has 0 radical (unpaired) electrons. The minimum Gasteiger partial charge on any atom is -0.380 e. The van der Waals surface area contributed by atoms with Gasteiger partial charge in [0.25, 0.3) is 0 Å². The average molecular weight is 323 g/mol. The molecule has 3 heteroatoms. The molecule has 0 aromatic heterocycles. The molecule has 0 amide bonds. The van der Waals surface area contributed by atoms with Gasteiger partial charge < -0.3 is 5.32 Å². The van der Waals surface area contributed by atoms with E-state index in [2.05, 4.69) is 66.0 Å². The van der Waals surface area contributed by atoms with E-state index in [1.54, 1.807) is 0 Å². The van der Waals surface area contributed by atoms with Crippen LogP contribution < -0.4 is 15.9 Å². The molecular weight excluding hydrogens is 305 g/mol. The molecule has 3 aromatic rings. The summed E-state index contributed by atoms with van der Waals surface area (Å²) in [7, 11) is 0. The monoisotopic (exact) mass is 323 g/mol. The lowest BCUT2D eigenvalue weighted by Crippen LogP contribution is -2.21. The van der Waals surface area contributed by atoms with E-state index in [1.165, 1.54) is 10.6 Å². The average Bonchev–Trinajstić information content (AvgIpc) is 2.62. The van der Waals surface area contributed by atoms with E-state index in [4.69, 9.17) is 11.8 Å². The maximum Gasteiger partial charge on any atom is 0.0516 e. The number of rotatable bonds is 5. The molecule has 0 fully saturated rings. The molecule has 0 aliphatic carbocycles. The smallest absolute Gasteiger partial charge is 0.0516 e. The number of nitrogens with one attached hydrogen (secondary N) is 1. The number of anilines is 1. The van der Waals surface area contributed by atoms with Gasteiger partial charge in [0, 0.05) is 11.7 Å². The summed E-state index contributed by atoms with van der Waals surface area (Å²) in [5, 5.41) is 6.03. The highest BCUT2D eigenvalue weighted by atomic mass is 32.4. The minimum atomic E-state index is -1.87. The second kappa shape index (κ2) is 6.91. The van der Waals surface area contributed by atoms with Crippen LogP contribution in [0.4, 0.5) is 5.69 Å². The molecule has 0 bridgehead atoms. The maximum atomic E-state index is 6.18. The maximum absolute atomic E-state index is 6.18. The van der Waals surface area contributed by atoms with Crippen LogP contribution >= 0.6 is 6.04 Å². The molecule has 0 atom stereocenters. The summed E-state index contributed by atoms with van der Waals surface area (Å²) >= 11 is 6.18. The van der Waals surface area contributed by atoms with Crippen molar-refractivity contribution in [2.75, 3.05) is 11.6 Å². The van der Waals surface area contributed by atoms with Gasteiger partial charge >= 0.3 is 0 Å². The Bertz CT molecular complexity index is 714. The summed E-state index contributed by atoms with van der Waals surface area (Å²) in [5.41, 5.74) is 1.11. The minimum absolute atomic E-state index is 0.778. The Morgan fingerprint density at radius 3 is 1.50 bits per heavy atom. The van der Waals surface area contributed by atoms with E-state index >= 15 is 0 Å². The number of hydrogen-bond acceptors (Lipinski definition) is 2. The van der Waals surface area contributed by atoms with Crippen molar-refractivity contribution in [3.8, 4) is 0 Å². The van der Waals surface area contributed by atoms with Crippen LogP contribution in [0.3, 0.4) is 0 Å². The largest absolute Gasteiger partial charge is 0.380 e. The molecular formula is C19H18NPS. The van der Waals surface area contributed by atoms with Crippen LogP contribution in [0.2, 0.25) is 0 Å². The third-order valence-electron chi connectivity index (χ3n) is 3.63. The number of para-hydroxylation sites is 1. The van der Waals surface area contributed by atoms with Crippen molar-refractivity contribution in [1.82, 2.24) is 0 Å². The first-order valence-corrected chi connectivity index (χ1v) is 10.3. The van der Waals surface area contributed by atoms with Crippen LogP contribution in [-0.4, -0.2) is 6.29 Å². The Kier molecular flexibility index (Phi) is 4.72. The van der Waals surface area contributed by atoms with E-state index in [0.717, 1.165) is 12.0 Å². The number of benzene rings is 3. The van der Waals surface area contributed by atoms with Crippen molar-refractivity contribution in [1.29, 1.82) is 0 Å². The van der Waals surface area contributed by atoms with Crippen molar-refractivity contribution in [2.24, 2.45) is 0 Å². The normalized spacial score (nSPS) is 11.1. The van der Waals surface area contributed by atoms with Gasteiger partial charge in [0.1, 0.15) is 0 Å². The van der Waals surface area contributed by atoms with Crippen molar-refractivity contribution in [3.63, 3.8) is 0 Å². The Morgan fingerprint density at radius 2 is 1.05 bits per heavy atom. The molecule has 110 valence electrons. The van der Waals surface area contributed by atoms with Crippen molar-refractivity contribution in [2.45, 2.75) is 0 Å². The fourth-order valence-corrected chi connectivity index (χ4v) is 5.73. The first-order valence-electron chi connectivity index (χ1n) is 7.28. The van der Waals surface area contributed by atoms with Gasteiger partial charge in [-0.1, -0.05) is 90.7 Å². The van der Waals surface area contributed by atoms with Gasteiger partial charge in [0.05, 0.1) is 6.29 Å². The lowest BCUT2D eigenvalue weighted by atomic mass is 10.3. The van der Waals surface area contributed by atoms with E-state index in [-0.39, 0.29) is 0 Å². The van der Waals surface area contributed by atoms with Crippen LogP contribution in [-0.2, 0) is 11.8 Å². The summed E-state index contributed by atoms with van der Waals surface area (Å²) in [4.78, 5) is 0. The second-order valence-electron chi connectivity index (χ2n) is 5.11. The molecule has 0 saturated carbocycles. The molecule has 1 nitrogen and oxygen atoms in total. The fraction of sp³-hybridized carbons (Fsp3) is 0.0526. The fourth-order valence-electron chi connectivity index (χ4n) is 2.43. The van der Waals surface area contributed by atoms with Crippen LogP contribution in [0.15, 0.2) is 91.0 Å². The van der Waals surface area contributed by atoms with Crippen molar-refractivity contribution < 1.29 is 0 Å². The van der Waals surface area contributed by atoms with E-state index in [0.29, 0.717) is 0 Å². The highest BCUT2D eigenvalue weighted by Gasteiger charge is 2.21. The Labute approximate surface area is 137 Å². The quantitative estimate of drug-likeness (QED) is 0.707. The van der Waals surface area contributed by atoms with Crippen LogP contribution in [0.1, 0.15) is 0 Å². The van der Waals surface area contributed by atoms with Gasteiger partial charge in [-0.2, -0.15) is 0 Å². The first-order chi connectivity index (χ1) is 10.8. The third kappa shape index (κ3) is 3.30. The van der Waals surface area contributed by atoms with Gasteiger partial charge in [-0.25, -0.2) is 0 Å². The predicted molar refractivity (Wildman–Crippen MR) is 101 cm³/mol. The summed E-state index contributed by atoms with van der Waals surface area (Å²) in [6.45, 7) is 0.